The van der Waals surface area contributed by atoms with Gasteiger partial charge >= 0.3 is 5.69 Å². The normalized spacial score (nSPS) is 11.0. The van der Waals surface area contributed by atoms with Crippen molar-refractivity contribution in [3.8, 4) is 0 Å². The maximum atomic E-state index is 10.6. The lowest BCUT2D eigenvalue weighted by molar-refractivity contribution is -0.385. The van der Waals surface area contributed by atoms with E-state index in [1.54, 1.807) is 17.9 Å². The van der Waals surface area contributed by atoms with E-state index >= 15 is 0 Å². The number of anilines is 1. The number of aromatic nitrogens is 6. The Morgan fingerprint density at radius 3 is 2.86 bits per heavy atom. The first-order valence-corrected chi connectivity index (χ1v) is 5.90. The minimum atomic E-state index is -0.512. The number of hydrogen-bond donors (Lipinski definition) is 2. The van der Waals surface area contributed by atoms with Crippen LogP contribution in [0, 0.1) is 10.1 Å². The molecular weight excluding hydrogens is 278 g/mol. The van der Waals surface area contributed by atoms with Crippen molar-refractivity contribution >= 4 is 22.5 Å². The molecule has 21 heavy (non-hydrogen) atoms. The summed E-state index contributed by atoms with van der Waals surface area (Å²) in [6, 6.07) is 0. The van der Waals surface area contributed by atoms with Crippen LogP contribution < -0.4 is 11.3 Å². The third kappa shape index (κ3) is 2.25. The van der Waals surface area contributed by atoms with Crippen LogP contribution in [0.15, 0.2) is 18.6 Å². The number of hydrogen-bond acceptors (Lipinski definition) is 8. The second kappa shape index (κ2) is 4.79. The number of nitrogens with two attached hydrogens (primary N) is 1. The molecule has 0 fully saturated rings. The second-order valence-corrected chi connectivity index (χ2v) is 4.29. The quantitative estimate of drug-likeness (QED) is 0.382. The van der Waals surface area contributed by atoms with Gasteiger partial charge in [-0.1, -0.05) is 0 Å². The summed E-state index contributed by atoms with van der Waals surface area (Å²) in [7, 11) is 1.75. The molecule has 0 bridgehead atoms. The molecule has 0 saturated heterocycles. The Kier molecular flexibility index (Phi) is 2.95. The predicted molar refractivity (Wildman–Crippen MR) is 72.1 cm³/mol. The van der Waals surface area contributed by atoms with Gasteiger partial charge < -0.3 is 5.43 Å². The highest BCUT2D eigenvalue weighted by Crippen LogP contribution is 2.19. The third-order valence-electron chi connectivity index (χ3n) is 2.91. The van der Waals surface area contributed by atoms with Crippen LogP contribution >= 0.6 is 0 Å². The van der Waals surface area contributed by atoms with Crippen LogP contribution in [0.1, 0.15) is 5.82 Å². The Labute approximate surface area is 117 Å². The van der Waals surface area contributed by atoms with Crippen molar-refractivity contribution in [1.82, 2.24) is 29.5 Å². The first kappa shape index (κ1) is 12.9. The van der Waals surface area contributed by atoms with Crippen LogP contribution in [-0.2, 0) is 13.6 Å². The van der Waals surface area contributed by atoms with E-state index < -0.39 is 4.92 Å². The van der Waals surface area contributed by atoms with Gasteiger partial charge in [0.25, 0.3) is 0 Å². The minimum absolute atomic E-state index is 0.0891. The average molecular weight is 289 g/mol. The van der Waals surface area contributed by atoms with Crippen molar-refractivity contribution in [3.05, 3.63) is 34.5 Å². The van der Waals surface area contributed by atoms with Crippen LogP contribution in [0.25, 0.3) is 11.0 Å². The van der Waals surface area contributed by atoms with E-state index in [0.29, 0.717) is 22.7 Å². The van der Waals surface area contributed by atoms with Gasteiger partial charge in [0.05, 0.1) is 16.5 Å². The summed E-state index contributed by atoms with van der Waals surface area (Å²) in [4.78, 5) is 18.7. The van der Waals surface area contributed by atoms with Gasteiger partial charge in [0.15, 0.2) is 17.3 Å². The van der Waals surface area contributed by atoms with Crippen molar-refractivity contribution in [2.45, 2.75) is 6.54 Å². The van der Waals surface area contributed by atoms with Gasteiger partial charge in [0, 0.05) is 7.05 Å². The molecule has 3 N–H and O–H groups in total. The molecule has 11 heteroatoms. The Morgan fingerprint density at radius 1 is 1.38 bits per heavy atom. The zero-order chi connectivity index (χ0) is 15.0. The highest BCUT2D eigenvalue weighted by molar-refractivity contribution is 5.86. The average Bonchev–Trinajstić information content (AvgIpc) is 3.06. The lowest BCUT2D eigenvalue weighted by Gasteiger charge is -2.05. The molecule has 0 aliphatic rings. The molecule has 0 aliphatic carbocycles. The summed E-state index contributed by atoms with van der Waals surface area (Å²) in [5.74, 6) is 6.29. The molecule has 0 saturated carbocycles. The summed E-state index contributed by atoms with van der Waals surface area (Å²) in [5, 5.41) is 19.3. The van der Waals surface area contributed by atoms with Gasteiger partial charge in [-0.25, -0.2) is 15.8 Å². The second-order valence-electron chi connectivity index (χ2n) is 4.29. The summed E-state index contributed by atoms with van der Waals surface area (Å²) in [5.41, 5.74) is 3.01. The van der Waals surface area contributed by atoms with Gasteiger partial charge in [0.1, 0.15) is 18.9 Å². The van der Waals surface area contributed by atoms with E-state index in [2.05, 4.69) is 25.6 Å². The standard InChI is InChI=1S/C10H11N9O2/c1-17-10-7(3-12-17)9(16-11)14-8(15-10)5-18-4-6(2-13-18)19(20)21/h2-4H,5,11H2,1H3,(H,14,15,16). The van der Waals surface area contributed by atoms with E-state index in [1.165, 1.54) is 17.1 Å². The van der Waals surface area contributed by atoms with Gasteiger partial charge in [-0.05, 0) is 0 Å². The predicted octanol–water partition coefficient (Wildman–Crippen LogP) is -0.198. The largest absolute Gasteiger partial charge is 0.308 e. The van der Waals surface area contributed by atoms with E-state index in [4.69, 9.17) is 5.84 Å². The minimum Gasteiger partial charge on any atom is -0.308 e. The SMILES string of the molecule is Cn1ncc2c(NN)nc(Cn3cc([N+](=O)[O-])cn3)nc21. The molecule has 0 spiro atoms. The molecule has 0 aromatic carbocycles. The molecule has 0 atom stereocenters. The number of nitrogens with one attached hydrogen (secondary N) is 1. The fourth-order valence-electron chi connectivity index (χ4n) is 1.93. The molecule has 108 valence electrons. The van der Waals surface area contributed by atoms with Gasteiger partial charge in [-0.3, -0.25) is 19.5 Å². The molecule has 0 unspecified atom stereocenters. The summed E-state index contributed by atoms with van der Waals surface area (Å²) in [6.45, 7) is 0.184. The van der Waals surface area contributed by atoms with Crippen LogP contribution in [0.2, 0.25) is 0 Å². The molecule has 0 aliphatic heterocycles. The first-order chi connectivity index (χ1) is 10.1. The fraction of sp³-hybridized carbons (Fsp3) is 0.200. The van der Waals surface area contributed by atoms with Crippen molar-refractivity contribution in [2.24, 2.45) is 12.9 Å². The Bertz CT molecular complexity index is 821. The molecule has 0 amide bonds. The Balaban J connectivity index is 1.99. The van der Waals surface area contributed by atoms with Crippen LogP contribution in [0.5, 0.6) is 0 Å². The molecule has 11 nitrogen and oxygen atoms in total. The summed E-state index contributed by atoms with van der Waals surface area (Å²) < 4.78 is 2.98. The topological polar surface area (TPSA) is 143 Å². The Morgan fingerprint density at radius 2 is 2.19 bits per heavy atom. The van der Waals surface area contributed by atoms with Gasteiger partial charge in [-0.15, -0.1) is 0 Å². The molecule has 3 aromatic rings. The van der Waals surface area contributed by atoms with Crippen molar-refractivity contribution in [3.63, 3.8) is 0 Å². The van der Waals surface area contributed by atoms with E-state index in [9.17, 15) is 10.1 Å². The number of hydrazine groups is 1. The zero-order valence-electron chi connectivity index (χ0n) is 11.0. The molecule has 3 aromatic heterocycles. The number of fused-ring (bicyclic) bond motifs is 1. The van der Waals surface area contributed by atoms with Crippen LogP contribution in [0.4, 0.5) is 11.5 Å². The van der Waals surface area contributed by atoms with Crippen molar-refractivity contribution in [1.29, 1.82) is 0 Å². The number of nitro groups is 1. The maximum absolute atomic E-state index is 10.6. The van der Waals surface area contributed by atoms with Crippen molar-refractivity contribution < 1.29 is 4.92 Å². The Hall–Kier alpha value is -3.08. The summed E-state index contributed by atoms with van der Waals surface area (Å²) in [6.07, 6.45) is 4.09. The molecule has 0 radical (unpaired) electrons. The lowest BCUT2D eigenvalue weighted by Crippen LogP contribution is -2.13. The van der Waals surface area contributed by atoms with Crippen LogP contribution in [-0.4, -0.2) is 34.5 Å². The molecular formula is C10H11N9O2. The van der Waals surface area contributed by atoms with Gasteiger partial charge in [0.2, 0.25) is 0 Å². The highest BCUT2D eigenvalue weighted by Gasteiger charge is 2.13. The number of aryl methyl sites for hydroxylation is 1. The van der Waals surface area contributed by atoms with E-state index in [-0.39, 0.29) is 12.2 Å². The summed E-state index contributed by atoms with van der Waals surface area (Å²) >= 11 is 0. The lowest BCUT2D eigenvalue weighted by atomic mass is 10.4. The third-order valence-corrected chi connectivity index (χ3v) is 2.91. The molecule has 3 rings (SSSR count). The van der Waals surface area contributed by atoms with Crippen LogP contribution in [0.3, 0.4) is 0 Å². The highest BCUT2D eigenvalue weighted by atomic mass is 16.6. The van der Waals surface area contributed by atoms with Crippen molar-refractivity contribution in [2.75, 3.05) is 5.43 Å². The number of nitrogens with zero attached hydrogens (tertiary/aromatic N) is 7. The number of nitrogen functional groups attached to an aromatic ring is 1. The van der Waals surface area contributed by atoms with Gasteiger partial charge in [-0.2, -0.15) is 10.2 Å². The monoisotopic (exact) mass is 289 g/mol. The number of rotatable bonds is 4. The maximum Gasteiger partial charge on any atom is 0.307 e. The first-order valence-electron chi connectivity index (χ1n) is 5.90. The zero-order valence-corrected chi connectivity index (χ0v) is 11.0. The van der Waals surface area contributed by atoms with E-state index in [0.717, 1.165) is 0 Å². The smallest absolute Gasteiger partial charge is 0.307 e. The fourth-order valence-corrected chi connectivity index (χ4v) is 1.93. The molecule has 3 heterocycles. The van der Waals surface area contributed by atoms with E-state index in [1.807, 2.05) is 0 Å².